The predicted octanol–water partition coefficient (Wildman–Crippen LogP) is 1.24. The van der Waals surface area contributed by atoms with E-state index in [1.807, 2.05) is 0 Å². The fourth-order valence-corrected chi connectivity index (χ4v) is 2.89. The fraction of sp³-hybridized carbons (Fsp3) is 0.385. The minimum atomic E-state index is -0.317. The van der Waals surface area contributed by atoms with Gasteiger partial charge in [0.05, 0.1) is 22.1 Å². The molecular formula is C13H14ClN3O2. The van der Waals surface area contributed by atoms with E-state index in [2.05, 4.69) is 5.32 Å². The second-order valence-electron chi connectivity index (χ2n) is 4.76. The lowest BCUT2D eigenvalue weighted by molar-refractivity contribution is 0.430. The van der Waals surface area contributed by atoms with Gasteiger partial charge in [0.15, 0.2) is 0 Å². The van der Waals surface area contributed by atoms with Crippen molar-refractivity contribution in [2.75, 3.05) is 6.54 Å². The second kappa shape index (κ2) is 4.51. The third kappa shape index (κ3) is 1.81. The van der Waals surface area contributed by atoms with E-state index in [1.165, 1.54) is 9.13 Å². The fourth-order valence-electron chi connectivity index (χ4n) is 2.64. The number of nitrogens with zero attached hydrogens (tertiary/aromatic N) is 2. The summed E-state index contributed by atoms with van der Waals surface area (Å²) in [6, 6.07) is 5.14. The summed E-state index contributed by atoms with van der Waals surface area (Å²) in [7, 11) is 1.66. The average molecular weight is 280 g/mol. The van der Waals surface area contributed by atoms with E-state index in [1.54, 1.807) is 25.2 Å². The first-order valence-corrected chi connectivity index (χ1v) is 6.62. The van der Waals surface area contributed by atoms with Gasteiger partial charge in [-0.05, 0) is 31.5 Å². The third-order valence-corrected chi connectivity index (χ3v) is 3.94. The van der Waals surface area contributed by atoms with Crippen LogP contribution in [0.15, 0.2) is 27.8 Å². The quantitative estimate of drug-likeness (QED) is 0.854. The first-order valence-electron chi connectivity index (χ1n) is 6.24. The van der Waals surface area contributed by atoms with E-state index in [9.17, 15) is 9.59 Å². The summed E-state index contributed by atoms with van der Waals surface area (Å²) in [4.78, 5) is 24.9. The summed E-state index contributed by atoms with van der Waals surface area (Å²) in [6.45, 7) is 0.820. The van der Waals surface area contributed by atoms with Crippen molar-refractivity contribution in [3.05, 3.63) is 44.1 Å². The number of hydrogen-bond acceptors (Lipinski definition) is 3. The van der Waals surface area contributed by atoms with Gasteiger partial charge in [0.1, 0.15) is 0 Å². The van der Waals surface area contributed by atoms with Crippen molar-refractivity contribution in [3.8, 4) is 0 Å². The minimum absolute atomic E-state index is 0.230. The van der Waals surface area contributed by atoms with Crippen LogP contribution in [0.2, 0.25) is 5.02 Å². The van der Waals surface area contributed by atoms with Crippen molar-refractivity contribution in [2.24, 2.45) is 7.05 Å². The lowest BCUT2D eigenvalue weighted by Gasteiger charge is -2.16. The van der Waals surface area contributed by atoms with E-state index in [4.69, 9.17) is 11.6 Å². The highest BCUT2D eigenvalue weighted by Crippen LogP contribution is 2.20. The second-order valence-corrected chi connectivity index (χ2v) is 5.17. The number of nitrogens with one attached hydrogen (secondary N) is 1. The van der Waals surface area contributed by atoms with Gasteiger partial charge in [0, 0.05) is 7.05 Å². The topological polar surface area (TPSA) is 56.0 Å². The molecule has 1 aromatic heterocycles. The summed E-state index contributed by atoms with van der Waals surface area (Å²) >= 11 is 6.12. The van der Waals surface area contributed by atoms with Crippen LogP contribution in [0.1, 0.15) is 19.0 Å². The molecule has 3 rings (SSSR count). The molecule has 1 saturated heterocycles. The number of fused-ring (bicyclic) bond motifs is 1. The molecule has 1 unspecified atom stereocenters. The Morgan fingerprint density at radius 2 is 2.16 bits per heavy atom. The zero-order valence-corrected chi connectivity index (χ0v) is 11.3. The number of rotatable bonds is 1. The first kappa shape index (κ1) is 12.4. The number of aromatic nitrogens is 2. The number of halogens is 1. The average Bonchev–Trinajstić information content (AvgIpc) is 2.90. The summed E-state index contributed by atoms with van der Waals surface area (Å²) in [5.74, 6) is 0. The van der Waals surface area contributed by atoms with Gasteiger partial charge < -0.3 is 0 Å². The van der Waals surface area contributed by atoms with Crippen LogP contribution >= 0.6 is 11.6 Å². The zero-order valence-electron chi connectivity index (χ0n) is 10.5. The molecule has 1 atom stereocenters. The Balaban J connectivity index is 2.43. The number of benzene rings is 1. The Bertz CT molecular complexity index is 757. The van der Waals surface area contributed by atoms with Crippen molar-refractivity contribution >= 4 is 22.5 Å². The molecule has 100 valence electrons. The van der Waals surface area contributed by atoms with Crippen LogP contribution in [0.25, 0.3) is 10.9 Å². The highest BCUT2D eigenvalue weighted by atomic mass is 35.5. The van der Waals surface area contributed by atoms with Gasteiger partial charge in [-0.2, -0.15) is 0 Å². The van der Waals surface area contributed by atoms with Crippen molar-refractivity contribution < 1.29 is 0 Å². The molecule has 0 aliphatic carbocycles. The standard InChI is InChI=1S/C13H14ClN3O2/c1-16-9-5-2-4-8(14)11(9)12(18)17(13(16)19)10-6-3-7-15-10/h2,4-5,10,15H,3,6-7H2,1H3. The summed E-state index contributed by atoms with van der Waals surface area (Å²) in [5.41, 5.74) is -0.0565. The van der Waals surface area contributed by atoms with Crippen LogP contribution in [-0.4, -0.2) is 15.7 Å². The first-order chi connectivity index (χ1) is 9.11. The molecule has 1 aromatic carbocycles. The number of hydrogen-bond donors (Lipinski definition) is 1. The van der Waals surface area contributed by atoms with Gasteiger partial charge in [-0.3, -0.25) is 14.7 Å². The molecule has 5 nitrogen and oxygen atoms in total. The Labute approximate surface area is 114 Å². The van der Waals surface area contributed by atoms with Crippen LogP contribution < -0.4 is 16.6 Å². The van der Waals surface area contributed by atoms with Crippen LogP contribution in [0.4, 0.5) is 0 Å². The molecule has 0 saturated carbocycles. The molecule has 1 aliphatic heterocycles. The van der Waals surface area contributed by atoms with E-state index < -0.39 is 0 Å². The molecule has 19 heavy (non-hydrogen) atoms. The maximum Gasteiger partial charge on any atom is 0.332 e. The SMILES string of the molecule is Cn1c(=O)n(C2CCCN2)c(=O)c2c(Cl)cccc21. The van der Waals surface area contributed by atoms with E-state index in [-0.39, 0.29) is 17.4 Å². The maximum absolute atomic E-state index is 12.5. The largest absolute Gasteiger partial charge is 0.332 e. The Morgan fingerprint density at radius 3 is 2.84 bits per heavy atom. The molecule has 0 amide bonds. The molecule has 1 fully saturated rings. The smallest absolute Gasteiger partial charge is 0.297 e. The molecule has 0 bridgehead atoms. The van der Waals surface area contributed by atoms with E-state index >= 15 is 0 Å². The lowest BCUT2D eigenvalue weighted by atomic mass is 10.2. The highest BCUT2D eigenvalue weighted by molar-refractivity contribution is 6.35. The van der Waals surface area contributed by atoms with Crippen molar-refractivity contribution in [1.29, 1.82) is 0 Å². The van der Waals surface area contributed by atoms with E-state index in [0.717, 1.165) is 19.4 Å². The highest BCUT2D eigenvalue weighted by Gasteiger charge is 2.22. The third-order valence-electron chi connectivity index (χ3n) is 3.62. The molecule has 1 aliphatic rings. The molecule has 0 spiro atoms. The maximum atomic E-state index is 12.5. The van der Waals surface area contributed by atoms with Crippen LogP contribution in [-0.2, 0) is 7.05 Å². The predicted molar refractivity (Wildman–Crippen MR) is 74.7 cm³/mol. The molecule has 2 aromatic rings. The van der Waals surface area contributed by atoms with Gasteiger partial charge in [-0.1, -0.05) is 17.7 Å². The van der Waals surface area contributed by atoms with E-state index in [0.29, 0.717) is 15.9 Å². The Morgan fingerprint density at radius 1 is 1.37 bits per heavy atom. The molecule has 0 radical (unpaired) electrons. The number of aryl methyl sites for hydroxylation is 1. The van der Waals surface area contributed by atoms with Gasteiger partial charge in [0.2, 0.25) is 0 Å². The molecular weight excluding hydrogens is 266 g/mol. The van der Waals surface area contributed by atoms with Crippen LogP contribution in [0.5, 0.6) is 0 Å². The van der Waals surface area contributed by atoms with Gasteiger partial charge in [-0.15, -0.1) is 0 Å². The molecule has 2 heterocycles. The molecule has 1 N–H and O–H groups in total. The zero-order chi connectivity index (χ0) is 13.6. The summed E-state index contributed by atoms with van der Waals surface area (Å²) in [5, 5.41) is 3.95. The monoisotopic (exact) mass is 279 g/mol. The summed E-state index contributed by atoms with van der Waals surface area (Å²) in [6.07, 6.45) is 1.51. The minimum Gasteiger partial charge on any atom is -0.297 e. The Hall–Kier alpha value is -1.59. The van der Waals surface area contributed by atoms with Gasteiger partial charge in [0.25, 0.3) is 5.56 Å². The van der Waals surface area contributed by atoms with Crippen molar-refractivity contribution in [2.45, 2.75) is 19.0 Å². The summed E-state index contributed by atoms with van der Waals surface area (Å²) < 4.78 is 2.75. The van der Waals surface area contributed by atoms with Crippen molar-refractivity contribution in [1.82, 2.24) is 14.5 Å². The lowest BCUT2D eigenvalue weighted by Crippen LogP contribution is -2.44. The van der Waals surface area contributed by atoms with Gasteiger partial charge >= 0.3 is 5.69 Å². The normalized spacial score (nSPS) is 19.2. The van der Waals surface area contributed by atoms with Crippen LogP contribution in [0.3, 0.4) is 0 Å². The molecule has 6 heteroatoms. The Kier molecular flexibility index (Phi) is 2.95. The van der Waals surface area contributed by atoms with Crippen molar-refractivity contribution in [3.63, 3.8) is 0 Å². The van der Waals surface area contributed by atoms with Crippen LogP contribution in [0, 0.1) is 0 Å². The van der Waals surface area contributed by atoms with Gasteiger partial charge in [-0.25, -0.2) is 9.36 Å².